The van der Waals surface area contributed by atoms with Gasteiger partial charge in [0.15, 0.2) is 11.5 Å². The van der Waals surface area contributed by atoms with Crippen molar-refractivity contribution in [3.8, 4) is 11.5 Å². The minimum Gasteiger partial charge on any atom is -0.454 e. The van der Waals surface area contributed by atoms with Crippen molar-refractivity contribution in [1.82, 2.24) is 9.80 Å². The fourth-order valence-electron chi connectivity index (χ4n) is 3.91. The van der Waals surface area contributed by atoms with Crippen LogP contribution in [0.5, 0.6) is 11.5 Å². The van der Waals surface area contributed by atoms with E-state index in [-0.39, 0.29) is 18.1 Å². The highest BCUT2D eigenvalue weighted by Crippen LogP contribution is 2.33. The quantitative estimate of drug-likeness (QED) is 0.787. The second-order valence-electron chi connectivity index (χ2n) is 8.94. The molecule has 0 bridgehead atoms. The van der Waals surface area contributed by atoms with Crippen molar-refractivity contribution in [3.05, 3.63) is 59.2 Å². The minimum absolute atomic E-state index is 0.0691. The van der Waals surface area contributed by atoms with Gasteiger partial charge in [-0.3, -0.25) is 9.69 Å². The molecule has 0 aromatic heterocycles. The molecule has 4 rings (SSSR count). The molecule has 0 aliphatic carbocycles. The van der Waals surface area contributed by atoms with Crippen LogP contribution in [0.4, 0.5) is 0 Å². The number of ether oxygens (including phenoxy) is 2. The highest BCUT2D eigenvalue weighted by atomic mass is 16.7. The van der Waals surface area contributed by atoms with Crippen molar-refractivity contribution < 1.29 is 14.3 Å². The standard InChI is InChI=1S/C24H30N2O3/c1-24(2,3)20-8-5-18(6-9-20)16-25-11-4-12-26(14-13-25)23(27)19-7-10-21-22(15-19)29-17-28-21/h5-10,15H,4,11-14,16-17H2,1-3H3. The second kappa shape index (κ2) is 8.07. The molecule has 0 atom stereocenters. The van der Waals surface area contributed by atoms with Gasteiger partial charge < -0.3 is 14.4 Å². The summed E-state index contributed by atoms with van der Waals surface area (Å²) in [6, 6.07) is 14.4. The molecule has 2 aliphatic rings. The molecule has 1 saturated heterocycles. The Morgan fingerprint density at radius 2 is 1.69 bits per heavy atom. The first-order chi connectivity index (χ1) is 13.9. The van der Waals surface area contributed by atoms with E-state index in [9.17, 15) is 4.79 Å². The van der Waals surface area contributed by atoms with Gasteiger partial charge in [-0.25, -0.2) is 0 Å². The Kier molecular flexibility index (Phi) is 5.50. The second-order valence-corrected chi connectivity index (χ2v) is 8.94. The van der Waals surface area contributed by atoms with E-state index in [0.717, 1.165) is 39.1 Å². The van der Waals surface area contributed by atoms with Crippen LogP contribution in [0.2, 0.25) is 0 Å². The first kappa shape index (κ1) is 19.8. The molecule has 2 aromatic carbocycles. The van der Waals surface area contributed by atoms with E-state index in [1.165, 1.54) is 11.1 Å². The third kappa shape index (κ3) is 4.56. The Morgan fingerprint density at radius 3 is 2.45 bits per heavy atom. The van der Waals surface area contributed by atoms with Gasteiger partial charge in [-0.15, -0.1) is 0 Å². The molecule has 154 valence electrons. The molecule has 5 heteroatoms. The van der Waals surface area contributed by atoms with Crippen LogP contribution in [0.25, 0.3) is 0 Å². The maximum atomic E-state index is 13.0. The first-order valence-electron chi connectivity index (χ1n) is 10.4. The summed E-state index contributed by atoms with van der Waals surface area (Å²) >= 11 is 0. The molecule has 2 aromatic rings. The van der Waals surface area contributed by atoms with Crippen molar-refractivity contribution in [2.45, 2.75) is 39.2 Å². The molecule has 0 spiro atoms. The summed E-state index contributed by atoms with van der Waals surface area (Å²) in [5.74, 6) is 1.44. The molecule has 2 aliphatic heterocycles. The van der Waals surface area contributed by atoms with E-state index in [2.05, 4.69) is 49.9 Å². The number of carbonyl (C=O) groups excluding carboxylic acids is 1. The summed E-state index contributed by atoms with van der Waals surface area (Å²) in [7, 11) is 0. The van der Waals surface area contributed by atoms with Gasteiger partial charge in [0.05, 0.1) is 0 Å². The monoisotopic (exact) mass is 394 g/mol. The molecule has 2 heterocycles. The molecule has 5 nitrogen and oxygen atoms in total. The van der Waals surface area contributed by atoms with Gasteiger partial charge in [0.1, 0.15) is 0 Å². The van der Waals surface area contributed by atoms with E-state index in [0.29, 0.717) is 17.1 Å². The molecule has 0 unspecified atom stereocenters. The average Bonchev–Trinajstić information content (AvgIpc) is 3.05. The molecule has 1 amide bonds. The van der Waals surface area contributed by atoms with Gasteiger partial charge in [-0.05, 0) is 41.2 Å². The normalized spacial score (nSPS) is 17.3. The van der Waals surface area contributed by atoms with E-state index in [1.54, 1.807) is 6.07 Å². The summed E-state index contributed by atoms with van der Waals surface area (Å²) in [4.78, 5) is 17.4. The zero-order valence-corrected chi connectivity index (χ0v) is 17.6. The number of hydrogen-bond acceptors (Lipinski definition) is 4. The number of fused-ring (bicyclic) bond motifs is 1. The maximum absolute atomic E-state index is 13.0. The van der Waals surface area contributed by atoms with Gasteiger partial charge in [0, 0.05) is 38.3 Å². The van der Waals surface area contributed by atoms with Crippen molar-refractivity contribution in [2.75, 3.05) is 33.0 Å². The number of carbonyl (C=O) groups is 1. The van der Waals surface area contributed by atoms with E-state index in [4.69, 9.17) is 9.47 Å². The predicted octanol–water partition coefficient (Wildman–Crippen LogP) is 4.06. The molecular formula is C24H30N2O3. The van der Waals surface area contributed by atoms with Crippen LogP contribution in [0, 0.1) is 0 Å². The number of amides is 1. The predicted molar refractivity (Wildman–Crippen MR) is 114 cm³/mol. The van der Waals surface area contributed by atoms with E-state index in [1.807, 2.05) is 17.0 Å². The van der Waals surface area contributed by atoms with Gasteiger partial charge in [-0.2, -0.15) is 0 Å². The fourth-order valence-corrected chi connectivity index (χ4v) is 3.91. The topological polar surface area (TPSA) is 42.0 Å². The van der Waals surface area contributed by atoms with Crippen LogP contribution in [0.1, 0.15) is 48.7 Å². The van der Waals surface area contributed by atoms with Crippen LogP contribution in [-0.4, -0.2) is 48.7 Å². The van der Waals surface area contributed by atoms with E-state index >= 15 is 0 Å². The van der Waals surface area contributed by atoms with Crippen molar-refractivity contribution in [3.63, 3.8) is 0 Å². The van der Waals surface area contributed by atoms with Crippen LogP contribution in [0.3, 0.4) is 0 Å². The highest BCUT2D eigenvalue weighted by Gasteiger charge is 2.23. The Morgan fingerprint density at radius 1 is 0.931 bits per heavy atom. The smallest absolute Gasteiger partial charge is 0.254 e. The lowest BCUT2D eigenvalue weighted by Gasteiger charge is -2.23. The SMILES string of the molecule is CC(C)(C)c1ccc(CN2CCCN(C(=O)c3ccc4c(c3)OCO4)CC2)cc1. The Labute approximate surface area is 173 Å². The van der Waals surface area contributed by atoms with Crippen molar-refractivity contribution in [2.24, 2.45) is 0 Å². The van der Waals surface area contributed by atoms with E-state index < -0.39 is 0 Å². The maximum Gasteiger partial charge on any atom is 0.254 e. The highest BCUT2D eigenvalue weighted by molar-refractivity contribution is 5.95. The Hall–Kier alpha value is -2.53. The number of nitrogens with zero attached hydrogens (tertiary/aromatic N) is 2. The zero-order valence-electron chi connectivity index (χ0n) is 17.6. The van der Waals surface area contributed by atoms with Crippen molar-refractivity contribution in [1.29, 1.82) is 0 Å². The molecular weight excluding hydrogens is 364 g/mol. The minimum atomic E-state index is 0.0691. The summed E-state index contributed by atoms with van der Waals surface area (Å²) < 4.78 is 10.8. The van der Waals surface area contributed by atoms with Gasteiger partial charge in [-0.1, -0.05) is 45.0 Å². The molecule has 0 saturated carbocycles. The van der Waals surface area contributed by atoms with Gasteiger partial charge in [0.2, 0.25) is 6.79 Å². The summed E-state index contributed by atoms with van der Waals surface area (Å²) in [6.45, 7) is 11.3. The van der Waals surface area contributed by atoms with Crippen LogP contribution in [0.15, 0.2) is 42.5 Å². The largest absolute Gasteiger partial charge is 0.454 e. The molecule has 1 fully saturated rings. The number of hydrogen-bond donors (Lipinski definition) is 0. The Bertz CT molecular complexity index is 871. The molecule has 0 N–H and O–H groups in total. The van der Waals surface area contributed by atoms with Gasteiger partial charge >= 0.3 is 0 Å². The summed E-state index contributed by atoms with van der Waals surface area (Å²) in [5.41, 5.74) is 3.53. The van der Waals surface area contributed by atoms with Crippen LogP contribution >= 0.6 is 0 Å². The number of benzene rings is 2. The molecule has 29 heavy (non-hydrogen) atoms. The van der Waals surface area contributed by atoms with Gasteiger partial charge in [0.25, 0.3) is 5.91 Å². The zero-order chi connectivity index (χ0) is 20.4. The molecule has 0 radical (unpaired) electrons. The lowest BCUT2D eigenvalue weighted by atomic mass is 9.87. The van der Waals surface area contributed by atoms with Crippen LogP contribution in [-0.2, 0) is 12.0 Å². The van der Waals surface area contributed by atoms with Crippen LogP contribution < -0.4 is 9.47 Å². The third-order valence-corrected chi connectivity index (χ3v) is 5.72. The average molecular weight is 395 g/mol. The lowest BCUT2D eigenvalue weighted by molar-refractivity contribution is 0.0760. The Balaban J connectivity index is 1.36. The summed E-state index contributed by atoms with van der Waals surface area (Å²) in [6.07, 6.45) is 0.983. The fraction of sp³-hybridized carbons (Fsp3) is 0.458. The first-order valence-corrected chi connectivity index (χ1v) is 10.4. The van der Waals surface area contributed by atoms with Crippen molar-refractivity contribution >= 4 is 5.91 Å². The number of rotatable bonds is 3. The third-order valence-electron chi connectivity index (χ3n) is 5.72. The summed E-state index contributed by atoms with van der Waals surface area (Å²) in [5, 5.41) is 0. The lowest BCUT2D eigenvalue weighted by Crippen LogP contribution is -2.35.